The summed E-state index contributed by atoms with van der Waals surface area (Å²) in [6.45, 7) is 4.39. The van der Waals surface area contributed by atoms with E-state index < -0.39 is 0 Å². The summed E-state index contributed by atoms with van der Waals surface area (Å²) >= 11 is 12.9. The second-order valence-electron chi connectivity index (χ2n) is 10.3. The standard InChI is InChI=1S/C31H32ClN5OS/c1-21-14-18-35(19-15-21)27-13-10-23(20-25(27)32)37-30(29(34-31(37)39)26-6-3-4-16-33-26)28-7-5-17-36(28)22-8-11-24(38-2)12-9-22/h3-13,16-17,20-21,29-30H,14-15,18-19H2,1-2H3,(H,34,39)/t29-,30-/m1/s1. The number of rotatable bonds is 6. The highest BCUT2D eigenvalue weighted by Gasteiger charge is 2.42. The molecule has 0 bridgehead atoms. The third kappa shape index (κ3) is 4.97. The summed E-state index contributed by atoms with van der Waals surface area (Å²) in [6.07, 6.45) is 6.29. The zero-order chi connectivity index (χ0) is 26.9. The van der Waals surface area contributed by atoms with Gasteiger partial charge in [0.15, 0.2) is 5.11 Å². The number of nitrogens with zero attached hydrogens (tertiary/aromatic N) is 4. The minimum Gasteiger partial charge on any atom is -0.497 e. The molecule has 0 radical (unpaired) electrons. The molecule has 2 aliphatic heterocycles. The second-order valence-corrected chi connectivity index (χ2v) is 11.1. The van der Waals surface area contributed by atoms with Crippen molar-refractivity contribution in [3.8, 4) is 11.4 Å². The number of hydrogen-bond acceptors (Lipinski definition) is 4. The van der Waals surface area contributed by atoms with E-state index >= 15 is 0 Å². The Morgan fingerprint density at radius 3 is 2.44 bits per heavy atom. The van der Waals surface area contributed by atoms with E-state index in [1.807, 2.05) is 36.5 Å². The molecule has 0 saturated carbocycles. The van der Waals surface area contributed by atoms with Crippen LogP contribution in [0.5, 0.6) is 5.75 Å². The largest absolute Gasteiger partial charge is 0.497 e. The molecule has 2 aliphatic rings. The number of thiocarbonyl (C=S) groups is 1. The average Bonchev–Trinajstić information content (AvgIpc) is 3.58. The molecule has 1 N–H and O–H groups in total. The molecule has 6 nitrogen and oxygen atoms in total. The lowest BCUT2D eigenvalue weighted by Crippen LogP contribution is -2.33. The number of anilines is 2. The Kier molecular flexibility index (Phi) is 7.19. The molecule has 4 heterocycles. The Labute approximate surface area is 240 Å². The van der Waals surface area contributed by atoms with Crippen molar-refractivity contribution in [1.29, 1.82) is 0 Å². The number of hydrogen-bond donors (Lipinski definition) is 1. The number of ether oxygens (including phenoxy) is 1. The van der Waals surface area contributed by atoms with Crippen molar-refractivity contribution in [2.24, 2.45) is 5.92 Å². The minimum absolute atomic E-state index is 0.146. The Bertz CT molecular complexity index is 1450. The number of nitrogens with one attached hydrogen (secondary N) is 1. The van der Waals surface area contributed by atoms with E-state index in [4.69, 9.17) is 33.5 Å². The number of methoxy groups -OCH3 is 1. The van der Waals surface area contributed by atoms with Crippen LogP contribution in [0.15, 0.2) is 85.2 Å². The molecule has 6 rings (SSSR count). The van der Waals surface area contributed by atoms with Gasteiger partial charge in [-0.25, -0.2) is 0 Å². The van der Waals surface area contributed by atoms with E-state index in [-0.39, 0.29) is 12.1 Å². The summed E-state index contributed by atoms with van der Waals surface area (Å²) in [5.74, 6) is 1.58. The molecule has 0 unspecified atom stereocenters. The third-order valence-corrected chi connectivity index (χ3v) is 8.48. The van der Waals surface area contributed by atoms with Gasteiger partial charge < -0.3 is 24.4 Å². The van der Waals surface area contributed by atoms with E-state index in [2.05, 4.69) is 75.3 Å². The van der Waals surface area contributed by atoms with E-state index in [0.717, 1.165) is 58.2 Å². The molecule has 8 heteroatoms. The van der Waals surface area contributed by atoms with Gasteiger partial charge >= 0.3 is 0 Å². The highest BCUT2D eigenvalue weighted by Crippen LogP contribution is 2.44. The lowest BCUT2D eigenvalue weighted by Gasteiger charge is -2.33. The molecule has 39 heavy (non-hydrogen) atoms. The smallest absolute Gasteiger partial charge is 0.174 e. The molecule has 2 atom stereocenters. The van der Waals surface area contributed by atoms with Crippen LogP contribution in [0.25, 0.3) is 5.69 Å². The van der Waals surface area contributed by atoms with Crippen molar-refractivity contribution in [2.45, 2.75) is 31.8 Å². The van der Waals surface area contributed by atoms with Crippen LogP contribution in [0.2, 0.25) is 5.02 Å². The minimum atomic E-state index is -0.151. The molecule has 4 aromatic rings. The Morgan fingerprint density at radius 2 is 1.74 bits per heavy atom. The van der Waals surface area contributed by atoms with E-state index in [1.54, 1.807) is 7.11 Å². The first-order valence-corrected chi connectivity index (χ1v) is 14.2. The molecular weight excluding hydrogens is 526 g/mol. The number of pyridine rings is 1. The van der Waals surface area contributed by atoms with Crippen molar-refractivity contribution in [2.75, 3.05) is 30.0 Å². The average molecular weight is 558 g/mol. The Hall–Kier alpha value is -3.55. The lowest BCUT2D eigenvalue weighted by atomic mass is 9.98. The molecule has 2 aromatic heterocycles. The van der Waals surface area contributed by atoms with Gasteiger partial charge in [0, 0.05) is 42.6 Å². The second kappa shape index (κ2) is 10.9. The fourth-order valence-corrected chi connectivity index (χ4v) is 6.34. The molecular formula is C31H32ClN5OS. The maximum Gasteiger partial charge on any atom is 0.174 e. The summed E-state index contributed by atoms with van der Waals surface area (Å²) in [7, 11) is 1.68. The summed E-state index contributed by atoms with van der Waals surface area (Å²) in [4.78, 5) is 9.28. The van der Waals surface area contributed by atoms with E-state index in [9.17, 15) is 0 Å². The number of halogens is 1. The van der Waals surface area contributed by atoms with Crippen LogP contribution >= 0.6 is 23.8 Å². The van der Waals surface area contributed by atoms with Gasteiger partial charge in [0.1, 0.15) is 11.8 Å². The van der Waals surface area contributed by atoms with Crippen molar-refractivity contribution >= 4 is 40.3 Å². The molecule has 0 aliphatic carbocycles. The zero-order valence-corrected chi connectivity index (χ0v) is 23.7. The first-order valence-electron chi connectivity index (χ1n) is 13.4. The Balaban J connectivity index is 1.41. The van der Waals surface area contributed by atoms with Crippen molar-refractivity contribution < 1.29 is 4.74 Å². The molecule has 2 aromatic carbocycles. The van der Waals surface area contributed by atoms with Crippen LogP contribution in [0, 0.1) is 5.92 Å². The fourth-order valence-electron chi connectivity index (χ4n) is 5.70. The zero-order valence-electron chi connectivity index (χ0n) is 22.1. The normalized spacial score (nSPS) is 19.8. The quantitative estimate of drug-likeness (QED) is 0.259. The van der Waals surface area contributed by atoms with Crippen molar-refractivity contribution in [1.82, 2.24) is 14.9 Å². The van der Waals surface area contributed by atoms with E-state index in [1.165, 1.54) is 12.8 Å². The SMILES string of the molecule is COc1ccc(-n2cccc2[C@@H]2[C@@H](c3ccccn3)NC(=S)N2c2ccc(N3CCC(C)CC3)c(Cl)c2)cc1. The van der Waals surface area contributed by atoms with Gasteiger partial charge in [0.2, 0.25) is 0 Å². The number of benzene rings is 2. The summed E-state index contributed by atoms with van der Waals surface area (Å²) in [5.41, 5.74) is 5.11. The fraction of sp³-hybridized carbons (Fsp3) is 0.290. The van der Waals surface area contributed by atoms with Crippen LogP contribution in [-0.2, 0) is 0 Å². The van der Waals surface area contributed by atoms with Gasteiger partial charge in [0.25, 0.3) is 0 Å². The van der Waals surface area contributed by atoms with Crippen LogP contribution in [0.1, 0.15) is 43.2 Å². The van der Waals surface area contributed by atoms with Crippen LogP contribution in [0.4, 0.5) is 11.4 Å². The predicted octanol–water partition coefficient (Wildman–Crippen LogP) is 6.95. The van der Waals surface area contributed by atoms with Crippen LogP contribution in [0.3, 0.4) is 0 Å². The first kappa shape index (κ1) is 25.7. The topological polar surface area (TPSA) is 45.6 Å². The summed E-state index contributed by atoms with van der Waals surface area (Å²) in [5, 5.41) is 4.96. The van der Waals surface area contributed by atoms with Crippen LogP contribution in [-0.4, -0.2) is 34.9 Å². The highest BCUT2D eigenvalue weighted by molar-refractivity contribution is 7.80. The molecule has 2 fully saturated rings. The van der Waals surface area contributed by atoms with Gasteiger partial charge in [0.05, 0.1) is 29.6 Å². The molecule has 200 valence electrons. The first-order chi connectivity index (χ1) is 19.0. The van der Waals surface area contributed by atoms with Crippen molar-refractivity contribution in [3.05, 3.63) is 102 Å². The number of piperidine rings is 1. The third-order valence-electron chi connectivity index (χ3n) is 7.87. The van der Waals surface area contributed by atoms with Crippen molar-refractivity contribution in [3.63, 3.8) is 0 Å². The predicted molar refractivity (Wildman–Crippen MR) is 162 cm³/mol. The maximum absolute atomic E-state index is 6.95. The summed E-state index contributed by atoms with van der Waals surface area (Å²) < 4.78 is 7.58. The van der Waals surface area contributed by atoms with Gasteiger partial charge in [-0.3, -0.25) is 4.98 Å². The van der Waals surface area contributed by atoms with Crippen LogP contribution < -0.4 is 19.9 Å². The molecule has 0 spiro atoms. The van der Waals surface area contributed by atoms with Gasteiger partial charge in [-0.2, -0.15) is 0 Å². The maximum atomic E-state index is 6.95. The van der Waals surface area contributed by atoms with Gasteiger partial charge in [-0.15, -0.1) is 0 Å². The molecule has 2 saturated heterocycles. The monoisotopic (exact) mass is 557 g/mol. The van der Waals surface area contributed by atoms with Gasteiger partial charge in [-0.1, -0.05) is 24.6 Å². The summed E-state index contributed by atoms with van der Waals surface area (Å²) in [6, 6.07) is 24.3. The van der Waals surface area contributed by atoms with E-state index in [0.29, 0.717) is 5.11 Å². The molecule has 0 amide bonds. The lowest BCUT2D eigenvalue weighted by molar-refractivity contribution is 0.414. The number of aromatic nitrogens is 2. The van der Waals surface area contributed by atoms with Gasteiger partial charge in [-0.05, 0) is 97.7 Å². The Morgan fingerprint density at radius 1 is 0.974 bits per heavy atom. The highest BCUT2D eigenvalue weighted by atomic mass is 35.5.